The average Bonchev–Trinajstić information content (AvgIpc) is 3.50. The number of aromatic nitrogens is 4. The highest BCUT2D eigenvalue weighted by atomic mass is 32.2. The zero-order chi connectivity index (χ0) is 33.0. The van der Waals surface area contributed by atoms with Gasteiger partial charge in [-0.1, -0.05) is 18.7 Å². The Balaban J connectivity index is 1.06. The first-order valence-corrected chi connectivity index (χ1v) is 17.6. The van der Waals surface area contributed by atoms with Crippen LogP contribution in [0.2, 0.25) is 0 Å². The van der Waals surface area contributed by atoms with E-state index in [0.717, 1.165) is 72.4 Å². The molecule has 2 fully saturated rings. The van der Waals surface area contributed by atoms with Crippen LogP contribution in [0, 0.1) is 0 Å². The number of ether oxygens (including phenoxy) is 1. The van der Waals surface area contributed by atoms with Gasteiger partial charge in [0.2, 0.25) is 5.91 Å². The lowest BCUT2D eigenvalue weighted by Crippen LogP contribution is -2.48. The number of amides is 2. The molecule has 246 valence electrons. The second-order valence-electron chi connectivity index (χ2n) is 12.0. The quantitative estimate of drug-likeness (QED) is 0.216. The van der Waals surface area contributed by atoms with E-state index in [9.17, 15) is 18.0 Å². The molecule has 0 spiro atoms. The van der Waals surface area contributed by atoms with Crippen molar-refractivity contribution in [2.24, 2.45) is 0 Å². The van der Waals surface area contributed by atoms with E-state index in [1.54, 1.807) is 18.6 Å². The zero-order valence-electron chi connectivity index (χ0n) is 26.2. The fraction of sp³-hybridized carbons (Fsp3) is 0.364. The highest BCUT2D eigenvalue weighted by Gasteiger charge is 2.24. The van der Waals surface area contributed by atoms with Crippen molar-refractivity contribution in [1.82, 2.24) is 30.2 Å². The van der Waals surface area contributed by atoms with Gasteiger partial charge in [0.05, 0.1) is 24.4 Å². The number of hydrogen-bond donors (Lipinski definition) is 3. The van der Waals surface area contributed by atoms with Gasteiger partial charge in [0, 0.05) is 61.6 Å². The number of nitrogens with one attached hydrogen (secondary N) is 3. The minimum Gasteiger partial charge on any atom is -0.378 e. The molecule has 0 unspecified atom stereocenters. The van der Waals surface area contributed by atoms with Crippen LogP contribution in [0.3, 0.4) is 0 Å². The molecular weight excluding hydrogens is 620 g/mol. The highest BCUT2D eigenvalue weighted by molar-refractivity contribution is 7.90. The van der Waals surface area contributed by atoms with Gasteiger partial charge in [0.25, 0.3) is 5.91 Å². The number of carbonyl (C=O) groups excluding carboxylic acids is 2. The molecular formula is C33H38N8O5S. The molecule has 0 aliphatic carbocycles. The fourth-order valence-electron chi connectivity index (χ4n) is 5.98. The monoisotopic (exact) mass is 658 g/mol. The van der Waals surface area contributed by atoms with Gasteiger partial charge in [0.1, 0.15) is 23.5 Å². The SMILES string of the molecule is C=C(CS(C)(=O)=O)C(=O)N[C@@H]1CCCN(Cc2ccnc(C(=O)Nc3ccc(-c4cc5c(N6CCOCC6)ncnc5[nH]4)cc3)c2)C1. The third-order valence-corrected chi connectivity index (χ3v) is 9.10. The smallest absolute Gasteiger partial charge is 0.274 e. The summed E-state index contributed by atoms with van der Waals surface area (Å²) in [5, 5.41) is 6.80. The molecule has 2 saturated heterocycles. The first kappa shape index (κ1) is 32.3. The number of carbonyl (C=O) groups is 2. The lowest BCUT2D eigenvalue weighted by Gasteiger charge is -2.33. The van der Waals surface area contributed by atoms with Gasteiger partial charge in [-0.25, -0.2) is 18.4 Å². The Morgan fingerprint density at radius 1 is 1.06 bits per heavy atom. The molecule has 47 heavy (non-hydrogen) atoms. The maximum absolute atomic E-state index is 13.1. The summed E-state index contributed by atoms with van der Waals surface area (Å²) in [7, 11) is -3.33. The zero-order valence-corrected chi connectivity index (χ0v) is 27.1. The lowest BCUT2D eigenvalue weighted by molar-refractivity contribution is -0.118. The minimum atomic E-state index is -3.33. The number of pyridine rings is 1. The fourth-order valence-corrected chi connectivity index (χ4v) is 6.74. The highest BCUT2D eigenvalue weighted by Crippen LogP contribution is 2.30. The van der Waals surface area contributed by atoms with Crippen molar-refractivity contribution in [2.45, 2.75) is 25.4 Å². The molecule has 0 saturated carbocycles. The molecule has 0 bridgehead atoms. The minimum absolute atomic E-state index is 0.0369. The van der Waals surface area contributed by atoms with Crippen LogP contribution in [-0.2, 0) is 25.9 Å². The Morgan fingerprint density at radius 3 is 2.62 bits per heavy atom. The summed E-state index contributed by atoms with van der Waals surface area (Å²) in [5.74, 6) is -0.229. The molecule has 1 atom stereocenters. The van der Waals surface area contributed by atoms with Crippen LogP contribution < -0.4 is 15.5 Å². The molecule has 14 heteroatoms. The maximum atomic E-state index is 13.1. The first-order chi connectivity index (χ1) is 22.6. The predicted octanol–water partition coefficient (Wildman–Crippen LogP) is 2.79. The van der Waals surface area contributed by atoms with Gasteiger partial charge in [-0.3, -0.25) is 19.5 Å². The first-order valence-electron chi connectivity index (χ1n) is 15.5. The van der Waals surface area contributed by atoms with Gasteiger partial charge in [-0.2, -0.15) is 0 Å². The summed E-state index contributed by atoms with van der Waals surface area (Å²) in [4.78, 5) is 46.6. The van der Waals surface area contributed by atoms with Crippen LogP contribution in [0.5, 0.6) is 0 Å². The molecule has 2 aliphatic heterocycles. The van der Waals surface area contributed by atoms with Gasteiger partial charge in [-0.05, 0) is 60.8 Å². The number of hydrogen-bond acceptors (Lipinski definition) is 10. The van der Waals surface area contributed by atoms with Crippen molar-refractivity contribution in [3.8, 4) is 11.3 Å². The number of sulfone groups is 1. The number of morpholine rings is 1. The summed E-state index contributed by atoms with van der Waals surface area (Å²) in [6.07, 6.45) is 5.94. The number of piperidine rings is 1. The number of H-pyrrole nitrogens is 1. The van der Waals surface area contributed by atoms with E-state index in [0.29, 0.717) is 37.7 Å². The second kappa shape index (κ2) is 14.0. The van der Waals surface area contributed by atoms with Gasteiger partial charge >= 0.3 is 0 Å². The Morgan fingerprint density at radius 2 is 1.85 bits per heavy atom. The standard InChI is InChI=1S/C33H38N8O5S/c1-22(20-47(2,44)45)32(42)38-26-4-3-11-40(19-26)18-23-9-10-34-29(16-23)33(43)37-25-7-5-24(6-8-25)28-17-27-30(39-28)35-21-36-31(27)41-12-14-46-15-13-41/h5-10,16-17,21,26H,1,3-4,11-15,18-20H2,2H3,(H,37,43)(H,38,42)(H,35,36,39)/t26-/m1/s1. The molecule has 13 nitrogen and oxygen atoms in total. The number of rotatable bonds is 10. The number of benzene rings is 1. The van der Waals surface area contributed by atoms with Crippen molar-refractivity contribution in [3.63, 3.8) is 0 Å². The predicted molar refractivity (Wildman–Crippen MR) is 180 cm³/mol. The van der Waals surface area contributed by atoms with Crippen LogP contribution in [0.1, 0.15) is 28.9 Å². The topological polar surface area (TPSA) is 163 Å². The van der Waals surface area contributed by atoms with Crippen LogP contribution in [-0.4, -0.2) is 103 Å². The van der Waals surface area contributed by atoms with E-state index in [4.69, 9.17) is 4.74 Å². The number of likely N-dealkylation sites (tertiary alicyclic amines) is 1. The van der Waals surface area contributed by atoms with Crippen molar-refractivity contribution in [2.75, 3.05) is 61.6 Å². The van der Waals surface area contributed by atoms with Crippen LogP contribution in [0.4, 0.5) is 11.5 Å². The van der Waals surface area contributed by atoms with E-state index in [-0.39, 0.29) is 23.3 Å². The van der Waals surface area contributed by atoms with Crippen molar-refractivity contribution >= 4 is 44.2 Å². The second-order valence-corrected chi connectivity index (χ2v) is 14.2. The Labute approximate surface area is 273 Å². The number of nitrogens with zero attached hydrogens (tertiary/aromatic N) is 5. The normalized spacial score (nSPS) is 17.4. The maximum Gasteiger partial charge on any atom is 0.274 e. The third kappa shape index (κ3) is 8.20. The Kier molecular flexibility index (Phi) is 9.61. The van der Waals surface area contributed by atoms with Crippen molar-refractivity contribution in [3.05, 3.63) is 78.4 Å². The average molecular weight is 659 g/mol. The number of anilines is 2. The molecule has 2 aliphatic rings. The molecule has 3 aromatic heterocycles. The Hall–Kier alpha value is -4.66. The van der Waals surface area contributed by atoms with Gasteiger partial charge < -0.3 is 25.3 Å². The molecule has 2 amide bonds. The molecule has 6 rings (SSSR count). The van der Waals surface area contributed by atoms with Crippen LogP contribution in [0.15, 0.2) is 67.1 Å². The molecule has 3 N–H and O–H groups in total. The lowest BCUT2D eigenvalue weighted by atomic mass is 10.0. The summed E-state index contributed by atoms with van der Waals surface area (Å²) in [6.45, 7) is 8.56. The molecule has 1 aromatic carbocycles. The van der Waals surface area contributed by atoms with E-state index >= 15 is 0 Å². The van der Waals surface area contributed by atoms with Crippen molar-refractivity contribution in [1.29, 1.82) is 0 Å². The van der Waals surface area contributed by atoms with Crippen LogP contribution in [0.25, 0.3) is 22.3 Å². The molecule has 5 heterocycles. The molecule has 4 aromatic rings. The largest absolute Gasteiger partial charge is 0.378 e. The van der Waals surface area contributed by atoms with E-state index in [1.165, 1.54) is 0 Å². The van der Waals surface area contributed by atoms with Crippen LogP contribution >= 0.6 is 0 Å². The third-order valence-electron chi connectivity index (χ3n) is 8.23. The van der Waals surface area contributed by atoms with Gasteiger partial charge in [0.15, 0.2) is 9.84 Å². The summed E-state index contributed by atoms with van der Waals surface area (Å²) >= 11 is 0. The summed E-state index contributed by atoms with van der Waals surface area (Å²) in [6, 6.07) is 13.2. The molecule has 0 radical (unpaired) electrons. The number of fused-ring (bicyclic) bond motifs is 1. The number of aromatic amines is 1. The van der Waals surface area contributed by atoms with E-state index < -0.39 is 15.7 Å². The summed E-state index contributed by atoms with van der Waals surface area (Å²) < 4.78 is 28.5. The van der Waals surface area contributed by atoms with Crippen molar-refractivity contribution < 1.29 is 22.7 Å². The Bertz CT molecular complexity index is 1890. The van der Waals surface area contributed by atoms with Gasteiger partial charge in [-0.15, -0.1) is 0 Å². The van der Waals surface area contributed by atoms with E-state index in [1.807, 2.05) is 30.3 Å². The summed E-state index contributed by atoms with van der Waals surface area (Å²) in [5.41, 5.74) is 4.52. The van der Waals surface area contributed by atoms with E-state index in [2.05, 4.69) is 53.0 Å².